The van der Waals surface area contributed by atoms with E-state index in [9.17, 15) is 0 Å². The van der Waals surface area contributed by atoms with Gasteiger partial charge in [-0.05, 0) is 50.0 Å². The molecular weight excluding hydrogens is 218 g/mol. The summed E-state index contributed by atoms with van der Waals surface area (Å²) in [4.78, 5) is 0. The third kappa shape index (κ3) is 3.29. The van der Waals surface area contributed by atoms with Crippen molar-refractivity contribution in [2.45, 2.75) is 77.7 Å². The molecule has 0 aliphatic heterocycles. The fourth-order valence-electron chi connectivity index (χ4n) is 4.82. The lowest BCUT2D eigenvalue weighted by Crippen LogP contribution is -2.45. The molecule has 0 aromatic heterocycles. The van der Waals surface area contributed by atoms with Crippen LogP contribution in [0.25, 0.3) is 0 Å². The molecule has 106 valence electrons. The van der Waals surface area contributed by atoms with Crippen LogP contribution in [0.4, 0.5) is 0 Å². The fourth-order valence-corrected chi connectivity index (χ4v) is 4.82. The molecule has 0 aromatic rings. The Morgan fingerprint density at radius 3 is 2.50 bits per heavy atom. The number of hydrogen-bond donors (Lipinski definition) is 1. The lowest BCUT2D eigenvalue weighted by atomic mass is 9.67. The molecule has 0 heterocycles. The van der Waals surface area contributed by atoms with Crippen LogP contribution in [-0.2, 0) is 0 Å². The average Bonchev–Trinajstić information content (AvgIpc) is 2.40. The summed E-state index contributed by atoms with van der Waals surface area (Å²) < 4.78 is 0. The molecule has 0 saturated heterocycles. The van der Waals surface area contributed by atoms with Crippen molar-refractivity contribution < 1.29 is 0 Å². The molecule has 2 fully saturated rings. The summed E-state index contributed by atoms with van der Waals surface area (Å²) in [5.41, 5.74) is 0. The third-order valence-electron chi connectivity index (χ3n) is 5.77. The second kappa shape index (κ2) is 6.93. The fraction of sp³-hybridized carbons (Fsp3) is 1.00. The molecule has 1 heteroatoms. The molecule has 0 radical (unpaired) electrons. The van der Waals surface area contributed by atoms with Crippen LogP contribution in [0.15, 0.2) is 0 Å². The maximum atomic E-state index is 3.73. The van der Waals surface area contributed by atoms with Crippen LogP contribution in [0.5, 0.6) is 0 Å². The Balaban J connectivity index is 2.01. The summed E-state index contributed by atoms with van der Waals surface area (Å²) in [6, 6.07) is 0.804. The van der Waals surface area contributed by atoms with Crippen molar-refractivity contribution in [2.75, 3.05) is 7.05 Å². The Bertz CT molecular complexity index is 238. The van der Waals surface area contributed by atoms with Gasteiger partial charge in [0.1, 0.15) is 0 Å². The molecule has 18 heavy (non-hydrogen) atoms. The Kier molecular flexibility index (Phi) is 5.54. The van der Waals surface area contributed by atoms with Gasteiger partial charge >= 0.3 is 0 Å². The van der Waals surface area contributed by atoms with Crippen molar-refractivity contribution in [1.82, 2.24) is 5.32 Å². The van der Waals surface area contributed by atoms with Crippen molar-refractivity contribution in [3.8, 4) is 0 Å². The number of hydrogen-bond acceptors (Lipinski definition) is 1. The first-order valence-corrected chi connectivity index (χ1v) is 8.43. The van der Waals surface area contributed by atoms with Gasteiger partial charge < -0.3 is 5.32 Å². The highest BCUT2D eigenvalue weighted by Crippen LogP contribution is 2.40. The van der Waals surface area contributed by atoms with E-state index in [1.165, 1.54) is 57.8 Å². The number of rotatable bonds is 4. The Morgan fingerprint density at radius 2 is 1.83 bits per heavy atom. The maximum absolute atomic E-state index is 3.73. The van der Waals surface area contributed by atoms with E-state index in [4.69, 9.17) is 0 Å². The molecule has 2 saturated carbocycles. The quantitative estimate of drug-likeness (QED) is 0.769. The zero-order valence-corrected chi connectivity index (χ0v) is 12.8. The predicted molar refractivity (Wildman–Crippen MR) is 79.7 cm³/mol. The van der Waals surface area contributed by atoms with Gasteiger partial charge in [0.05, 0.1) is 0 Å². The average molecular weight is 251 g/mol. The molecule has 1 N–H and O–H groups in total. The lowest BCUT2D eigenvalue weighted by molar-refractivity contribution is 0.112. The minimum Gasteiger partial charge on any atom is -0.316 e. The van der Waals surface area contributed by atoms with E-state index in [0.717, 1.165) is 29.7 Å². The third-order valence-corrected chi connectivity index (χ3v) is 5.77. The zero-order chi connectivity index (χ0) is 13.0. The summed E-state index contributed by atoms with van der Waals surface area (Å²) in [5, 5.41) is 3.73. The minimum atomic E-state index is 0.804. The monoisotopic (exact) mass is 251 g/mol. The van der Waals surface area contributed by atoms with Gasteiger partial charge in [-0.3, -0.25) is 0 Å². The van der Waals surface area contributed by atoms with Crippen molar-refractivity contribution >= 4 is 0 Å². The van der Waals surface area contributed by atoms with Crippen LogP contribution in [0, 0.1) is 23.7 Å². The molecule has 0 aromatic carbocycles. The van der Waals surface area contributed by atoms with Gasteiger partial charge in [0.15, 0.2) is 0 Å². The van der Waals surface area contributed by atoms with Crippen molar-refractivity contribution in [3.63, 3.8) is 0 Å². The zero-order valence-electron chi connectivity index (χ0n) is 12.8. The Labute approximate surface area is 114 Å². The maximum Gasteiger partial charge on any atom is 0.0123 e. The van der Waals surface area contributed by atoms with Crippen LogP contribution in [0.1, 0.15) is 71.6 Å². The van der Waals surface area contributed by atoms with Gasteiger partial charge in [-0.1, -0.05) is 52.4 Å². The smallest absolute Gasteiger partial charge is 0.0123 e. The topological polar surface area (TPSA) is 12.0 Å². The second-order valence-corrected chi connectivity index (χ2v) is 6.96. The van der Waals surface area contributed by atoms with Gasteiger partial charge in [0.2, 0.25) is 0 Å². The van der Waals surface area contributed by atoms with Crippen LogP contribution in [0.3, 0.4) is 0 Å². The summed E-state index contributed by atoms with van der Waals surface area (Å²) in [5.74, 6) is 3.87. The first kappa shape index (κ1) is 14.4. The van der Waals surface area contributed by atoms with E-state index in [1.54, 1.807) is 0 Å². The van der Waals surface area contributed by atoms with Crippen LogP contribution in [0.2, 0.25) is 0 Å². The standard InChI is InChI=1S/C17H33N/c1-4-14-9-5-6-11-16(14)17(18-3)15-10-7-8-13(2)12-15/h13-18H,4-12H2,1-3H3. The van der Waals surface area contributed by atoms with Crippen molar-refractivity contribution in [1.29, 1.82) is 0 Å². The first-order valence-electron chi connectivity index (χ1n) is 8.43. The molecular formula is C17H33N. The SMILES string of the molecule is CCC1CCCCC1C(NC)C1CCCC(C)C1. The van der Waals surface area contributed by atoms with E-state index >= 15 is 0 Å². The van der Waals surface area contributed by atoms with Gasteiger partial charge in [0.25, 0.3) is 0 Å². The predicted octanol–water partition coefficient (Wildman–Crippen LogP) is 4.62. The van der Waals surface area contributed by atoms with Crippen LogP contribution >= 0.6 is 0 Å². The van der Waals surface area contributed by atoms with E-state index in [-0.39, 0.29) is 0 Å². The molecule has 0 amide bonds. The molecule has 2 rings (SSSR count). The number of nitrogens with one attached hydrogen (secondary N) is 1. The largest absolute Gasteiger partial charge is 0.316 e. The van der Waals surface area contributed by atoms with Crippen LogP contribution < -0.4 is 5.32 Å². The summed E-state index contributed by atoms with van der Waals surface area (Å²) >= 11 is 0. The van der Waals surface area contributed by atoms with E-state index < -0.39 is 0 Å². The molecule has 0 spiro atoms. The van der Waals surface area contributed by atoms with Crippen molar-refractivity contribution in [2.24, 2.45) is 23.7 Å². The first-order chi connectivity index (χ1) is 8.76. The van der Waals surface area contributed by atoms with Crippen LogP contribution in [-0.4, -0.2) is 13.1 Å². The molecule has 2 aliphatic carbocycles. The summed E-state index contributed by atoms with van der Waals surface area (Å²) in [6.07, 6.45) is 13.2. The second-order valence-electron chi connectivity index (χ2n) is 6.96. The van der Waals surface area contributed by atoms with Gasteiger partial charge in [0, 0.05) is 6.04 Å². The summed E-state index contributed by atoms with van der Waals surface area (Å²) in [6.45, 7) is 4.86. The van der Waals surface area contributed by atoms with E-state index in [2.05, 4.69) is 26.2 Å². The molecule has 2 aliphatic rings. The molecule has 5 atom stereocenters. The summed E-state index contributed by atoms with van der Waals surface area (Å²) in [7, 11) is 2.21. The van der Waals surface area contributed by atoms with Crippen molar-refractivity contribution in [3.05, 3.63) is 0 Å². The van der Waals surface area contributed by atoms with E-state index in [0.29, 0.717) is 0 Å². The molecule has 1 nitrogen and oxygen atoms in total. The lowest BCUT2D eigenvalue weighted by Gasteiger charge is -2.43. The highest BCUT2D eigenvalue weighted by molar-refractivity contribution is 4.90. The normalized spacial score (nSPS) is 39.5. The molecule has 5 unspecified atom stereocenters. The van der Waals surface area contributed by atoms with E-state index in [1.807, 2.05) is 0 Å². The van der Waals surface area contributed by atoms with Gasteiger partial charge in [-0.25, -0.2) is 0 Å². The highest BCUT2D eigenvalue weighted by atomic mass is 14.9. The highest BCUT2D eigenvalue weighted by Gasteiger charge is 2.35. The van der Waals surface area contributed by atoms with Gasteiger partial charge in [-0.15, -0.1) is 0 Å². The minimum absolute atomic E-state index is 0.804. The Hall–Kier alpha value is -0.0400. The molecule has 0 bridgehead atoms. The Morgan fingerprint density at radius 1 is 1.06 bits per heavy atom. The van der Waals surface area contributed by atoms with Gasteiger partial charge in [-0.2, -0.15) is 0 Å².